The van der Waals surface area contributed by atoms with Gasteiger partial charge in [-0.2, -0.15) is 8.42 Å². The molecule has 0 atom stereocenters. The second-order valence-corrected chi connectivity index (χ2v) is 6.39. The molecule has 0 aromatic heterocycles. The summed E-state index contributed by atoms with van der Waals surface area (Å²) in [4.78, 5) is -0.541. The first kappa shape index (κ1) is 14.8. The normalized spacial score (nSPS) is 11.4. The zero-order valence-electron chi connectivity index (χ0n) is 10.9. The number of hydrogen-bond acceptors (Lipinski definition) is 3. The summed E-state index contributed by atoms with van der Waals surface area (Å²) in [5.41, 5.74) is 1.71. The first-order valence-corrected chi connectivity index (χ1v) is 7.54. The lowest BCUT2D eigenvalue weighted by atomic mass is 10.1. The maximum Gasteiger partial charge on any atom is 0.342 e. The van der Waals surface area contributed by atoms with E-state index in [-0.39, 0.29) is 10.8 Å². The van der Waals surface area contributed by atoms with Crippen LogP contribution < -0.4 is 4.18 Å². The molecule has 0 aliphatic rings. The fourth-order valence-electron chi connectivity index (χ4n) is 1.83. The van der Waals surface area contributed by atoms with E-state index in [1.807, 2.05) is 19.9 Å². The standard InChI is InChI=1S/C14H12ClFO3S/c1-9-5-10(2)7-12(6-9)19-20(17,18)14-4-3-11(15)8-13(14)16/h3-8H,1-2H3. The summed E-state index contributed by atoms with van der Waals surface area (Å²) in [7, 11) is -4.23. The van der Waals surface area contributed by atoms with Gasteiger partial charge in [-0.15, -0.1) is 0 Å². The van der Waals surface area contributed by atoms with E-state index in [0.717, 1.165) is 23.3 Å². The largest absolute Gasteiger partial charge is 0.379 e. The molecule has 3 nitrogen and oxygen atoms in total. The van der Waals surface area contributed by atoms with Gasteiger partial charge in [0.1, 0.15) is 16.5 Å². The molecule has 0 unspecified atom stereocenters. The van der Waals surface area contributed by atoms with Gasteiger partial charge in [0.25, 0.3) is 0 Å². The Morgan fingerprint density at radius 3 is 2.20 bits per heavy atom. The molecule has 0 saturated heterocycles. The Hall–Kier alpha value is -1.59. The van der Waals surface area contributed by atoms with Crippen LogP contribution in [0.5, 0.6) is 5.75 Å². The lowest BCUT2D eigenvalue weighted by Crippen LogP contribution is -2.11. The Kier molecular flexibility index (Phi) is 4.01. The molecular weight excluding hydrogens is 303 g/mol. The lowest BCUT2D eigenvalue weighted by Gasteiger charge is -2.09. The Labute approximate surface area is 122 Å². The summed E-state index contributed by atoms with van der Waals surface area (Å²) in [6.07, 6.45) is 0. The van der Waals surface area contributed by atoms with Crippen molar-refractivity contribution in [1.82, 2.24) is 0 Å². The van der Waals surface area contributed by atoms with Gasteiger partial charge in [0.2, 0.25) is 0 Å². The molecule has 0 aliphatic carbocycles. The van der Waals surface area contributed by atoms with Crippen LogP contribution in [0.2, 0.25) is 5.02 Å². The van der Waals surface area contributed by atoms with Crippen molar-refractivity contribution in [3.63, 3.8) is 0 Å². The number of halogens is 2. The molecular formula is C14H12ClFO3S. The fraction of sp³-hybridized carbons (Fsp3) is 0.143. The Bertz CT molecular complexity index is 737. The van der Waals surface area contributed by atoms with Crippen LogP contribution in [0.1, 0.15) is 11.1 Å². The molecule has 0 N–H and O–H groups in total. The van der Waals surface area contributed by atoms with Crippen molar-refractivity contribution in [3.8, 4) is 5.75 Å². The van der Waals surface area contributed by atoms with E-state index in [0.29, 0.717) is 0 Å². The highest BCUT2D eigenvalue weighted by Crippen LogP contribution is 2.24. The number of rotatable bonds is 3. The molecule has 2 aromatic rings. The van der Waals surface area contributed by atoms with Crippen LogP contribution in [0.4, 0.5) is 4.39 Å². The summed E-state index contributed by atoms with van der Waals surface area (Å²) in [6, 6.07) is 8.32. The van der Waals surface area contributed by atoms with E-state index in [2.05, 4.69) is 0 Å². The highest BCUT2D eigenvalue weighted by molar-refractivity contribution is 7.87. The van der Waals surface area contributed by atoms with Gasteiger partial charge in [-0.3, -0.25) is 0 Å². The highest BCUT2D eigenvalue weighted by Gasteiger charge is 2.21. The minimum atomic E-state index is -4.23. The van der Waals surface area contributed by atoms with Crippen molar-refractivity contribution in [2.75, 3.05) is 0 Å². The molecule has 0 bridgehead atoms. The predicted octanol–water partition coefficient (Wildman–Crippen LogP) is 3.86. The molecule has 0 fully saturated rings. The van der Waals surface area contributed by atoms with Crippen molar-refractivity contribution in [2.45, 2.75) is 18.7 Å². The third kappa shape index (κ3) is 3.29. The van der Waals surface area contributed by atoms with Gasteiger partial charge in [-0.25, -0.2) is 4.39 Å². The van der Waals surface area contributed by atoms with Gasteiger partial charge in [0, 0.05) is 5.02 Å². The second kappa shape index (κ2) is 5.42. The van der Waals surface area contributed by atoms with Gasteiger partial charge in [0.05, 0.1) is 0 Å². The third-order valence-electron chi connectivity index (χ3n) is 2.56. The quantitative estimate of drug-likeness (QED) is 0.808. The molecule has 0 saturated carbocycles. The Morgan fingerprint density at radius 1 is 1.05 bits per heavy atom. The van der Waals surface area contributed by atoms with Gasteiger partial charge in [-0.05, 0) is 55.3 Å². The van der Waals surface area contributed by atoms with Crippen molar-refractivity contribution in [3.05, 3.63) is 58.4 Å². The minimum absolute atomic E-state index is 0.118. The van der Waals surface area contributed by atoms with E-state index in [1.165, 1.54) is 6.07 Å². The van der Waals surface area contributed by atoms with Crippen LogP contribution in [-0.4, -0.2) is 8.42 Å². The second-order valence-electron chi connectivity index (χ2n) is 4.44. The van der Waals surface area contributed by atoms with E-state index in [9.17, 15) is 12.8 Å². The van der Waals surface area contributed by atoms with E-state index in [1.54, 1.807) is 12.1 Å². The van der Waals surface area contributed by atoms with Crippen molar-refractivity contribution >= 4 is 21.7 Å². The van der Waals surface area contributed by atoms with Gasteiger partial charge >= 0.3 is 10.1 Å². The molecule has 0 spiro atoms. The SMILES string of the molecule is Cc1cc(C)cc(OS(=O)(=O)c2ccc(Cl)cc2F)c1. The average Bonchev–Trinajstić information content (AvgIpc) is 2.25. The zero-order valence-corrected chi connectivity index (χ0v) is 12.4. The smallest absolute Gasteiger partial charge is 0.342 e. The molecule has 20 heavy (non-hydrogen) atoms. The van der Waals surface area contributed by atoms with Crippen molar-refractivity contribution in [1.29, 1.82) is 0 Å². The molecule has 0 radical (unpaired) electrons. The van der Waals surface area contributed by atoms with Crippen LogP contribution in [-0.2, 0) is 10.1 Å². The fourth-order valence-corrected chi connectivity index (χ4v) is 2.96. The van der Waals surface area contributed by atoms with Gasteiger partial charge < -0.3 is 4.18 Å². The first-order chi connectivity index (χ1) is 9.28. The van der Waals surface area contributed by atoms with Crippen molar-refractivity contribution < 1.29 is 17.0 Å². The number of hydrogen-bond donors (Lipinski definition) is 0. The third-order valence-corrected chi connectivity index (χ3v) is 4.08. The molecule has 106 valence electrons. The van der Waals surface area contributed by atoms with Crippen LogP contribution in [0, 0.1) is 19.7 Å². The molecule has 2 rings (SSSR count). The summed E-state index contributed by atoms with van der Waals surface area (Å²) < 4.78 is 42.7. The van der Waals surface area contributed by atoms with Crippen LogP contribution >= 0.6 is 11.6 Å². The van der Waals surface area contributed by atoms with E-state index < -0.39 is 20.8 Å². The summed E-state index contributed by atoms with van der Waals surface area (Å²) >= 11 is 5.59. The van der Waals surface area contributed by atoms with Gasteiger partial charge in [0.15, 0.2) is 0 Å². The molecule has 0 amide bonds. The van der Waals surface area contributed by atoms with Gasteiger partial charge in [-0.1, -0.05) is 17.7 Å². The summed E-state index contributed by atoms with van der Waals surface area (Å²) in [5, 5.41) is 0.118. The highest BCUT2D eigenvalue weighted by atomic mass is 35.5. The minimum Gasteiger partial charge on any atom is -0.379 e. The molecule has 2 aromatic carbocycles. The predicted molar refractivity (Wildman–Crippen MR) is 75.1 cm³/mol. The van der Waals surface area contributed by atoms with E-state index in [4.69, 9.17) is 15.8 Å². The lowest BCUT2D eigenvalue weighted by molar-refractivity contribution is 0.476. The van der Waals surface area contributed by atoms with Crippen LogP contribution in [0.25, 0.3) is 0 Å². The summed E-state index contributed by atoms with van der Waals surface area (Å²) in [6.45, 7) is 3.63. The molecule has 0 heterocycles. The zero-order chi connectivity index (χ0) is 14.9. The van der Waals surface area contributed by atoms with Crippen LogP contribution in [0.3, 0.4) is 0 Å². The Balaban J connectivity index is 2.40. The van der Waals surface area contributed by atoms with Crippen molar-refractivity contribution in [2.24, 2.45) is 0 Å². The van der Waals surface area contributed by atoms with Crippen LogP contribution in [0.15, 0.2) is 41.3 Å². The summed E-state index contributed by atoms with van der Waals surface area (Å²) in [5.74, 6) is -0.793. The maximum atomic E-state index is 13.7. The first-order valence-electron chi connectivity index (χ1n) is 5.76. The number of benzene rings is 2. The monoisotopic (exact) mass is 314 g/mol. The maximum absolute atomic E-state index is 13.7. The van der Waals surface area contributed by atoms with E-state index >= 15 is 0 Å². The topological polar surface area (TPSA) is 43.4 Å². The number of aryl methyl sites for hydroxylation is 2. The Morgan fingerprint density at radius 2 is 1.65 bits per heavy atom. The average molecular weight is 315 g/mol. The molecule has 6 heteroatoms. The molecule has 0 aliphatic heterocycles.